The molecule has 4 nitrogen and oxygen atoms in total. The van der Waals surface area contributed by atoms with E-state index in [2.05, 4.69) is 33.2 Å². The molecule has 122 valence electrons. The summed E-state index contributed by atoms with van der Waals surface area (Å²) in [4.78, 5) is 11.6. The Balaban J connectivity index is 1.85. The normalized spacial score (nSPS) is 14.8. The number of benzene rings is 1. The molecule has 1 aliphatic rings. The number of thioether (sulfide) groups is 1. The summed E-state index contributed by atoms with van der Waals surface area (Å²) >= 11 is 1.98. The molecule has 1 aromatic heterocycles. The van der Waals surface area contributed by atoms with Crippen molar-refractivity contribution in [2.75, 3.05) is 34.8 Å². The van der Waals surface area contributed by atoms with Gasteiger partial charge in [-0.25, -0.2) is 9.37 Å². The Morgan fingerprint density at radius 3 is 2.61 bits per heavy atom. The zero-order valence-electron chi connectivity index (χ0n) is 13.3. The molecule has 0 unspecified atom stereocenters. The van der Waals surface area contributed by atoms with Gasteiger partial charge in [0.25, 0.3) is 0 Å². The Bertz CT molecular complexity index is 642. The Labute approximate surface area is 140 Å². The molecule has 0 radical (unpaired) electrons. The Hall–Kier alpha value is -1.82. The van der Waals surface area contributed by atoms with Crippen LogP contribution < -0.4 is 10.2 Å². The number of hydrogen-bond donors (Lipinski definition) is 1. The number of hydrogen-bond acceptors (Lipinski definition) is 5. The predicted octanol–water partition coefficient (Wildman–Crippen LogP) is 3.87. The van der Waals surface area contributed by atoms with Crippen LogP contribution in [0.2, 0.25) is 0 Å². The van der Waals surface area contributed by atoms with E-state index in [1.165, 1.54) is 12.1 Å². The van der Waals surface area contributed by atoms with Gasteiger partial charge in [0.1, 0.15) is 11.6 Å². The van der Waals surface area contributed by atoms with Gasteiger partial charge in [0.05, 0.1) is 0 Å². The van der Waals surface area contributed by atoms with Crippen molar-refractivity contribution in [1.29, 1.82) is 0 Å². The second kappa shape index (κ2) is 7.64. The lowest BCUT2D eigenvalue weighted by atomic mass is 10.2. The zero-order valence-corrected chi connectivity index (χ0v) is 14.1. The summed E-state index contributed by atoms with van der Waals surface area (Å²) in [5.74, 6) is 3.58. The van der Waals surface area contributed by atoms with E-state index in [9.17, 15) is 4.39 Å². The number of rotatable bonds is 5. The summed E-state index contributed by atoms with van der Waals surface area (Å²) in [6, 6.07) is 8.35. The van der Waals surface area contributed by atoms with E-state index in [4.69, 9.17) is 0 Å². The van der Waals surface area contributed by atoms with Crippen LogP contribution in [0, 0.1) is 5.82 Å². The van der Waals surface area contributed by atoms with Gasteiger partial charge in [0.15, 0.2) is 0 Å². The van der Waals surface area contributed by atoms with Crippen molar-refractivity contribution < 1.29 is 4.39 Å². The van der Waals surface area contributed by atoms with Gasteiger partial charge in [-0.1, -0.05) is 13.3 Å². The molecule has 0 spiro atoms. The van der Waals surface area contributed by atoms with Crippen LogP contribution in [0.4, 0.5) is 21.8 Å². The first kappa shape index (κ1) is 16.1. The minimum absolute atomic E-state index is 0.247. The van der Waals surface area contributed by atoms with Gasteiger partial charge in [-0.15, -0.1) is 0 Å². The maximum atomic E-state index is 13.0. The topological polar surface area (TPSA) is 41.1 Å². The number of aryl methyl sites for hydroxylation is 1. The third-order valence-corrected chi connectivity index (χ3v) is 4.65. The lowest BCUT2D eigenvalue weighted by Gasteiger charge is -2.28. The van der Waals surface area contributed by atoms with Crippen LogP contribution in [-0.2, 0) is 6.42 Å². The van der Waals surface area contributed by atoms with Gasteiger partial charge in [-0.05, 0) is 30.7 Å². The summed E-state index contributed by atoms with van der Waals surface area (Å²) in [5.41, 5.74) is 1.83. The first-order chi connectivity index (χ1) is 11.2. The molecule has 0 saturated carbocycles. The molecule has 0 amide bonds. The number of nitrogens with one attached hydrogen (secondary N) is 1. The monoisotopic (exact) mass is 332 g/mol. The minimum atomic E-state index is -0.247. The average Bonchev–Trinajstić information content (AvgIpc) is 2.58. The van der Waals surface area contributed by atoms with Gasteiger partial charge < -0.3 is 10.2 Å². The number of nitrogens with zero attached hydrogens (tertiary/aromatic N) is 3. The highest BCUT2D eigenvalue weighted by atomic mass is 32.2. The third-order valence-electron chi connectivity index (χ3n) is 3.71. The van der Waals surface area contributed by atoms with E-state index in [1.807, 2.05) is 11.8 Å². The quantitative estimate of drug-likeness (QED) is 0.900. The molecular formula is C17H21FN4S. The number of aromatic nitrogens is 2. The van der Waals surface area contributed by atoms with Gasteiger partial charge in [-0.2, -0.15) is 16.7 Å². The van der Waals surface area contributed by atoms with Gasteiger partial charge in [0.2, 0.25) is 5.95 Å². The van der Waals surface area contributed by atoms with E-state index in [0.717, 1.165) is 54.6 Å². The Morgan fingerprint density at radius 2 is 1.91 bits per heavy atom. The van der Waals surface area contributed by atoms with E-state index in [-0.39, 0.29) is 5.82 Å². The molecular weight excluding hydrogens is 311 g/mol. The van der Waals surface area contributed by atoms with E-state index >= 15 is 0 Å². The molecule has 2 heterocycles. The highest BCUT2D eigenvalue weighted by molar-refractivity contribution is 7.99. The molecule has 0 bridgehead atoms. The van der Waals surface area contributed by atoms with E-state index in [1.54, 1.807) is 12.1 Å². The van der Waals surface area contributed by atoms with Crippen molar-refractivity contribution in [3.05, 3.63) is 41.8 Å². The van der Waals surface area contributed by atoms with Crippen LogP contribution in [0.5, 0.6) is 0 Å². The zero-order chi connectivity index (χ0) is 16.1. The molecule has 6 heteroatoms. The molecule has 1 N–H and O–H groups in total. The Kier molecular flexibility index (Phi) is 5.33. The van der Waals surface area contributed by atoms with Crippen molar-refractivity contribution in [2.24, 2.45) is 0 Å². The second-order valence-electron chi connectivity index (χ2n) is 5.52. The summed E-state index contributed by atoms with van der Waals surface area (Å²) in [6.07, 6.45) is 1.97. The third kappa shape index (κ3) is 4.34. The van der Waals surface area contributed by atoms with Crippen molar-refractivity contribution >= 4 is 29.2 Å². The highest BCUT2D eigenvalue weighted by Crippen LogP contribution is 2.22. The summed E-state index contributed by atoms with van der Waals surface area (Å²) < 4.78 is 13.0. The first-order valence-electron chi connectivity index (χ1n) is 7.98. The van der Waals surface area contributed by atoms with Crippen LogP contribution >= 0.6 is 11.8 Å². The fourth-order valence-electron chi connectivity index (χ4n) is 2.54. The fourth-order valence-corrected chi connectivity index (χ4v) is 3.44. The van der Waals surface area contributed by atoms with Crippen LogP contribution in [0.1, 0.15) is 19.0 Å². The van der Waals surface area contributed by atoms with E-state index < -0.39 is 0 Å². The smallest absolute Gasteiger partial charge is 0.229 e. The fraction of sp³-hybridized carbons (Fsp3) is 0.412. The molecule has 3 rings (SSSR count). The minimum Gasteiger partial charge on any atom is -0.355 e. The molecule has 2 aromatic rings. The molecule has 0 aliphatic carbocycles. The van der Waals surface area contributed by atoms with Crippen LogP contribution in [0.3, 0.4) is 0 Å². The van der Waals surface area contributed by atoms with Gasteiger partial charge in [-0.3, -0.25) is 0 Å². The van der Waals surface area contributed by atoms with Crippen LogP contribution in [0.15, 0.2) is 30.3 Å². The van der Waals surface area contributed by atoms with Gasteiger partial charge in [0, 0.05) is 42.0 Å². The highest BCUT2D eigenvalue weighted by Gasteiger charge is 2.15. The van der Waals surface area contributed by atoms with Crippen LogP contribution in [-0.4, -0.2) is 34.6 Å². The largest absolute Gasteiger partial charge is 0.355 e. The molecule has 23 heavy (non-hydrogen) atoms. The molecule has 1 saturated heterocycles. The number of halogens is 1. The summed E-state index contributed by atoms with van der Waals surface area (Å²) in [6.45, 7) is 4.18. The lowest BCUT2D eigenvalue weighted by Crippen LogP contribution is -2.33. The second-order valence-corrected chi connectivity index (χ2v) is 6.75. The molecule has 1 aliphatic heterocycles. The number of anilines is 3. The molecule has 1 fully saturated rings. The predicted molar refractivity (Wildman–Crippen MR) is 95.2 cm³/mol. The van der Waals surface area contributed by atoms with Crippen molar-refractivity contribution in [1.82, 2.24) is 9.97 Å². The van der Waals surface area contributed by atoms with E-state index in [0.29, 0.717) is 5.95 Å². The van der Waals surface area contributed by atoms with Crippen molar-refractivity contribution in [3.8, 4) is 0 Å². The van der Waals surface area contributed by atoms with Crippen molar-refractivity contribution in [3.63, 3.8) is 0 Å². The molecule has 0 atom stereocenters. The van der Waals surface area contributed by atoms with Gasteiger partial charge >= 0.3 is 0 Å². The Morgan fingerprint density at radius 1 is 1.17 bits per heavy atom. The molecule has 1 aromatic carbocycles. The first-order valence-corrected chi connectivity index (χ1v) is 9.13. The summed E-state index contributed by atoms with van der Waals surface area (Å²) in [5, 5.41) is 3.19. The SMILES string of the molecule is CCCc1cc(N2CCSCC2)nc(Nc2ccc(F)cc2)n1. The average molecular weight is 332 g/mol. The maximum Gasteiger partial charge on any atom is 0.229 e. The lowest BCUT2D eigenvalue weighted by molar-refractivity contribution is 0.628. The summed E-state index contributed by atoms with van der Waals surface area (Å²) in [7, 11) is 0. The maximum absolute atomic E-state index is 13.0. The van der Waals surface area contributed by atoms with Crippen LogP contribution in [0.25, 0.3) is 0 Å². The standard InChI is InChI=1S/C17H21FN4S/c1-2-3-15-12-16(22-8-10-23-11-9-22)21-17(20-15)19-14-6-4-13(18)5-7-14/h4-7,12H,2-3,8-11H2,1H3,(H,19,20,21). The van der Waals surface area contributed by atoms with Crippen molar-refractivity contribution in [2.45, 2.75) is 19.8 Å².